The summed E-state index contributed by atoms with van der Waals surface area (Å²) in [5.74, 6) is 0.385. The molecule has 1 N–H and O–H groups in total. The Balaban J connectivity index is 1.41. The number of carbonyl (C=O) groups is 1. The van der Waals surface area contributed by atoms with Gasteiger partial charge >= 0.3 is 0 Å². The number of aromatic nitrogens is 3. The molecule has 0 aliphatic carbocycles. The number of benzene rings is 1. The van der Waals surface area contributed by atoms with Crippen molar-refractivity contribution >= 4 is 33.7 Å². The number of hydrogen-bond donors (Lipinski definition) is 1. The zero-order valence-corrected chi connectivity index (χ0v) is 16.6. The van der Waals surface area contributed by atoms with Crippen molar-refractivity contribution in [1.29, 1.82) is 0 Å². The first kappa shape index (κ1) is 18.3. The van der Waals surface area contributed by atoms with Crippen molar-refractivity contribution in [2.24, 2.45) is 0 Å². The Kier molecular flexibility index (Phi) is 5.41. The molecule has 8 heteroatoms. The molecule has 1 amide bonds. The van der Waals surface area contributed by atoms with E-state index in [-0.39, 0.29) is 5.91 Å². The van der Waals surface area contributed by atoms with E-state index in [1.54, 1.807) is 41.9 Å². The highest BCUT2D eigenvalue weighted by Gasteiger charge is 2.11. The summed E-state index contributed by atoms with van der Waals surface area (Å²) in [6.07, 6.45) is 3.45. The van der Waals surface area contributed by atoms with Crippen molar-refractivity contribution in [1.82, 2.24) is 15.0 Å². The number of aryl methyl sites for hydroxylation is 1. The smallest absolute Gasteiger partial charge is 0.257 e. The molecule has 3 heterocycles. The molecule has 0 unspecified atom stereocenters. The van der Waals surface area contributed by atoms with Crippen LogP contribution in [0.5, 0.6) is 5.75 Å². The van der Waals surface area contributed by atoms with Crippen LogP contribution in [0, 0.1) is 6.92 Å². The third-order valence-electron chi connectivity index (χ3n) is 3.83. The third-order valence-corrected chi connectivity index (χ3v) is 5.41. The standard InChI is InChI=1S/C20H16N4O2S2/c1-13-22-16(11-27-13)10-26-17-6-2-4-14(8-17)19(25)24-20-23-18(12-28-20)15-5-3-7-21-9-15/h2-9,11-12H,10H2,1H3,(H,23,24,25). The van der Waals surface area contributed by atoms with E-state index in [0.717, 1.165) is 22.0 Å². The Bertz CT molecular complexity index is 1090. The Labute approximate surface area is 169 Å². The Morgan fingerprint density at radius 3 is 2.86 bits per heavy atom. The lowest BCUT2D eigenvalue weighted by Crippen LogP contribution is -2.11. The summed E-state index contributed by atoms with van der Waals surface area (Å²) < 4.78 is 5.75. The molecule has 0 aliphatic rings. The van der Waals surface area contributed by atoms with Gasteiger partial charge in [-0.2, -0.15) is 0 Å². The number of hydrogen-bond acceptors (Lipinski definition) is 7. The second-order valence-electron chi connectivity index (χ2n) is 5.91. The summed E-state index contributed by atoms with van der Waals surface area (Å²) in [7, 11) is 0. The van der Waals surface area contributed by atoms with Gasteiger partial charge < -0.3 is 4.74 Å². The van der Waals surface area contributed by atoms with Crippen LogP contribution in [-0.4, -0.2) is 20.9 Å². The zero-order valence-electron chi connectivity index (χ0n) is 15.0. The van der Waals surface area contributed by atoms with Crippen molar-refractivity contribution in [3.8, 4) is 17.0 Å². The average Bonchev–Trinajstić information content (AvgIpc) is 3.36. The maximum Gasteiger partial charge on any atom is 0.257 e. The molecule has 28 heavy (non-hydrogen) atoms. The highest BCUT2D eigenvalue weighted by molar-refractivity contribution is 7.14. The van der Waals surface area contributed by atoms with Gasteiger partial charge in [-0.3, -0.25) is 15.1 Å². The van der Waals surface area contributed by atoms with Crippen molar-refractivity contribution in [3.05, 3.63) is 75.8 Å². The normalized spacial score (nSPS) is 10.6. The van der Waals surface area contributed by atoms with Gasteiger partial charge in [-0.25, -0.2) is 9.97 Å². The zero-order chi connectivity index (χ0) is 19.3. The van der Waals surface area contributed by atoms with Gasteiger partial charge in [0.05, 0.1) is 16.4 Å². The molecule has 140 valence electrons. The number of thiazole rings is 2. The van der Waals surface area contributed by atoms with Crippen LogP contribution in [0.15, 0.2) is 59.6 Å². The molecule has 0 bridgehead atoms. The number of carbonyl (C=O) groups excluding carboxylic acids is 1. The molecule has 3 aromatic heterocycles. The molecule has 0 atom stereocenters. The molecule has 4 rings (SSSR count). The fourth-order valence-electron chi connectivity index (χ4n) is 2.51. The van der Waals surface area contributed by atoms with Crippen LogP contribution in [0.3, 0.4) is 0 Å². The molecular weight excluding hydrogens is 392 g/mol. The van der Waals surface area contributed by atoms with Crippen molar-refractivity contribution in [3.63, 3.8) is 0 Å². The average molecular weight is 409 g/mol. The van der Waals surface area contributed by atoms with E-state index in [1.165, 1.54) is 11.3 Å². The summed E-state index contributed by atoms with van der Waals surface area (Å²) in [5.41, 5.74) is 3.07. The van der Waals surface area contributed by atoms with Crippen LogP contribution in [0.1, 0.15) is 21.1 Å². The van der Waals surface area contributed by atoms with E-state index < -0.39 is 0 Å². The van der Waals surface area contributed by atoms with E-state index in [0.29, 0.717) is 23.1 Å². The highest BCUT2D eigenvalue weighted by Crippen LogP contribution is 2.25. The monoisotopic (exact) mass is 408 g/mol. The number of ether oxygens (including phenoxy) is 1. The minimum absolute atomic E-state index is 0.234. The second kappa shape index (κ2) is 8.28. The minimum Gasteiger partial charge on any atom is -0.487 e. The van der Waals surface area contributed by atoms with Gasteiger partial charge in [-0.1, -0.05) is 6.07 Å². The fraction of sp³-hybridized carbons (Fsp3) is 0.100. The molecule has 0 radical (unpaired) electrons. The first-order valence-electron chi connectivity index (χ1n) is 8.48. The van der Waals surface area contributed by atoms with E-state index in [2.05, 4.69) is 20.3 Å². The molecule has 1 aromatic carbocycles. The fourth-order valence-corrected chi connectivity index (χ4v) is 3.82. The van der Waals surface area contributed by atoms with Crippen LogP contribution >= 0.6 is 22.7 Å². The molecule has 0 aliphatic heterocycles. The van der Waals surface area contributed by atoms with E-state index in [9.17, 15) is 4.79 Å². The van der Waals surface area contributed by atoms with E-state index in [1.807, 2.05) is 35.9 Å². The molecule has 0 fully saturated rings. The largest absolute Gasteiger partial charge is 0.487 e. The first-order chi connectivity index (χ1) is 13.7. The molecule has 0 saturated carbocycles. The summed E-state index contributed by atoms with van der Waals surface area (Å²) in [6, 6.07) is 10.8. The van der Waals surface area contributed by atoms with Crippen LogP contribution in [0.4, 0.5) is 5.13 Å². The Hall–Kier alpha value is -3.10. The maximum atomic E-state index is 12.6. The molecule has 0 saturated heterocycles. The SMILES string of the molecule is Cc1nc(COc2cccc(C(=O)Nc3nc(-c4cccnc4)cs3)c2)cs1. The van der Waals surface area contributed by atoms with Gasteiger partial charge in [0.2, 0.25) is 0 Å². The molecule has 0 spiro atoms. The summed E-state index contributed by atoms with van der Waals surface area (Å²) >= 11 is 2.96. The second-order valence-corrected chi connectivity index (χ2v) is 7.83. The van der Waals surface area contributed by atoms with Crippen molar-refractivity contribution < 1.29 is 9.53 Å². The first-order valence-corrected chi connectivity index (χ1v) is 10.2. The maximum absolute atomic E-state index is 12.6. The van der Waals surface area contributed by atoms with Crippen LogP contribution in [0.2, 0.25) is 0 Å². The number of rotatable bonds is 6. The Morgan fingerprint density at radius 2 is 2.07 bits per heavy atom. The predicted octanol–water partition coefficient (Wildman–Crippen LogP) is 4.80. The van der Waals surface area contributed by atoms with Gasteiger partial charge in [-0.15, -0.1) is 22.7 Å². The number of anilines is 1. The van der Waals surface area contributed by atoms with Gasteiger partial charge in [-0.05, 0) is 37.3 Å². The lowest BCUT2D eigenvalue weighted by Gasteiger charge is -2.07. The summed E-state index contributed by atoms with van der Waals surface area (Å²) in [5, 5.41) is 8.23. The topological polar surface area (TPSA) is 77.0 Å². The summed E-state index contributed by atoms with van der Waals surface area (Å²) in [4.78, 5) is 25.5. The number of amides is 1. The van der Waals surface area contributed by atoms with Crippen molar-refractivity contribution in [2.45, 2.75) is 13.5 Å². The van der Waals surface area contributed by atoms with Gasteiger partial charge in [0.15, 0.2) is 5.13 Å². The van der Waals surface area contributed by atoms with E-state index in [4.69, 9.17) is 4.74 Å². The number of nitrogens with one attached hydrogen (secondary N) is 1. The van der Waals surface area contributed by atoms with Gasteiger partial charge in [0, 0.05) is 34.3 Å². The highest BCUT2D eigenvalue weighted by atomic mass is 32.1. The van der Waals surface area contributed by atoms with Gasteiger partial charge in [0.1, 0.15) is 12.4 Å². The predicted molar refractivity (Wildman–Crippen MR) is 111 cm³/mol. The molecule has 4 aromatic rings. The van der Waals surface area contributed by atoms with Crippen LogP contribution in [0.25, 0.3) is 11.3 Å². The van der Waals surface area contributed by atoms with Crippen LogP contribution in [-0.2, 0) is 6.61 Å². The summed E-state index contributed by atoms with van der Waals surface area (Å²) in [6.45, 7) is 2.33. The van der Waals surface area contributed by atoms with Gasteiger partial charge in [0.25, 0.3) is 5.91 Å². The van der Waals surface area contributed by atoms with Crippen LogP contribution < -0.4 is 10.1 Å². The number of pyridine rings is 1. The van der Waals surface area contributed by atoms with Crippen molar-refractivity contribution in [2.75, 3.05) is 5.32 Å². The molecular formula is C20H16N4O2S2. The minimum atomic E-state index is -0.234. The third kappa shape index (κ3) is 4.41. The lowest BCUT2D eigenvalue weighted by atomic mass is 10.2. The molecule has 6 nitrogen and oxygen atoms in total. The van der Waals surface area contributed by atoms with E-state index >= 15 is 0 Å². The quantitative estimate of drug-likeness (QED) is 0.496. The Morgan fingerprint density at radius 1 is 1.14 bits per heavy atom. The lowest BCUT2D eigenvalue weighted by molar-refractivity contribution is 0.102. The number of nitrogens with zero attached hydrogens (tertiary/aromatic N) is 3.